The van der Waals surface area contributed by atoms with Gasteiger partial charge in [-0.3, -0.25) is 4.79 Å². The van der Waals surface area contributed by atoms with Gasteiger partial charge in [-0.25, -0.2) is 0 Å². The fraction of sp³-hybridized carbons (Fsp3) is 0.500. The van der Waals surface area contributed by atoms with Crippen molar-refractivity contribution in [3.63, 3.8) is 0 Å². The molecular weight excluding hydrogens is 262 g/mol. The first-order valence-corrected chi connectivity index (χ1v) is 7.79. The van der Waals surface area contributed by atoms with Crippen LogP contribution in [0.25, 0.3) is 6.08 Å². The van der Waals surface area contributed by atoms with E-state index < -0.39 is 0 Å². The summed E-state index contributed by atoms with van der Waals surface area (Å²) in [4.78, 5) is 12.2. The summed E-state index contributed by atoms with van der Waals surface area (Å²) < 4.78 is 5.06. The molecule has 3 rings (SSSR count). The second-order valence-corrected chi connectivity index (χ2v) is 6.11. The molecule has 21 heavy (non-hydrogen) atoms. The first-order valence-electron chi connectivity index (χ1n) is 7.79. The lowest BCUT2D eigenvalue weighted by Crippen LogP contribution is -2.48. The third-order valence-electron chi connectivity index (χ3n) is 4.88. The minimum absolute atomic E-state index is 0.0543. The molecule has 2 saturated heterocycles. The zero-order valence-electron chi connectivity index (χ0n) is 12.7. The van der Waals surface area contributed by atoms with E-state index in [4.69, 9.17) is 4.74 Å². The fourth-order valence-electron chi connectivity index (χ4n) is 3.91. The van der Waals surface area contributed by atoms with Crippen molar-refractivity contribution >= 4 is 12.0 Å². The van der Waals surface area contributed by atoms with Crippen LogP contribution in [-0.2, 0) is 9.53 Å². The summed E-state index contributed by atoms with van der Waals surface area (Å²) in [5, 5.41) is 3.58. The molecule has 2 aliphatic heterocycles. The molecule has 4 atom stereocenters. The number of ether oxygens (including phenoxy) is 1. The zero-order valence-corrected chi connectivity index (χ0v) is 12.7. The number of carbonyl (C=O) groups is 1. The van der Waals surface area contributed by atoms with E-state index in [0.29, 0.717) is 6.04 Å². The molecule has 0 aromatic heterocycles. The Bertz CT molecular complexity index is 535. The predicted octanol–water partition coefficient (Wildman–Crippen LogP) is 3.12. The largest absolute Gasteiger partial charge is 0.469 e. The van der Waals surface area contributed by atoms with E-state index in [-0.39, 0.29) is 23.8 Å². The Labute approximate surface area is 126 Å². The topological polar surface area (TPSA) is 38.3 Å². The lowest BCUT2D eigenvalue weighted by molar-refractivity contribution is -0.148. The lowest BCUT2D eigenvalue weighted by Gasteiger charge is -2.36. The number of allylic oxidation sites excluding steroid dienone is 1. The average molecular weight is 285 g/mol. The number of methoxy groups -OCH3 is 1. The average Bonchev–Trinajstić information content (AvgIpc) is 2.89. The maximum atomic E-state index is 12.2. The minimum atomic E-state index is -0.0737. The summed E-state index contributed by atoms with van der Waals surface area (Å²) in [5.74, 6) is 0.146. The van der Waals surface area contributed by atoms with Gasteiger partial charge in [0.1, 0.15) is 0 Å². The smallest absolute Gasteiger partial charge is 0.310 e. The van der Waals surface area contributed by atoms with Crippen LogP contribution in [-0.4, -0.2) is 25.2 Å². The summed E-state index contributed by atoms with van der Waals surface area (Å²) >= 11 is 0. The number of esters is 1. The van der Waals surface area contributed by atoms with Gasteiger partial charge in [0.05, 0.1) is 13.0 Å². The molecule has 2 fully saturated rings. The lowest BCUT2D eigenvalue weighted by atomic mass is 9.77. The van der Waals surface area contributed by atoms with Crippen molar-refractivity contribution in [3.8, 4) is 0 Å². The van der Waals surface area contributed by atoms with Crippen LogP contribution in [0.4, 0.5) is 0 Å². The molecule has 112 valence electrons. The van der Waals surface area contributed by atoms with Crippen molar-refractivity contribution in [2.45, 2.75) is 44.2 Å². The molecule has 2 bridgehead atoms. The number of nitrogens with one attached hydrogen (secondary N) is 1. The summed E-state index contributed by atoms with van der Waals surface area (Å²) in [7, 11) is 1.50. The van der Waals surface area contributed by atoms with Crippen molar-refractivity contribution in [1.82, 2.24) is 5.32 Å². The number of hydrogen-bond acceptors (Lipinski definition) is 3. The van der Waals surface area contributed by atoms with E-state index >= 15 is 0 Å². The molecular formula is C18H23NO2. The predicted molar refractivity (Wildman–Crippen MR) is 84.0 cm³/mol. The van der Waals surface area contributed by atoms with Crippen LogP contribution in [0.2, 0.25) is 0 Å². The number of hydrogen-bond donors (Lipinski definition) is 1. The van der Waals surface area contributed by atoms with E-state index in [9.17, 15) is 4.79 Å². The first-order chi connectivity index (χ1) is 10.2. The molecule has 2 aliphatic rings. The van der Waals surface area contributed by atoms with Crippen molar-refractivity contribution < 1.29 is 9.53 Å². The van der Waals surface area contributed by atoms with E-state index in [0.717, 1.165) is 12.8 Å². The molecule has 2 heterocycles. The van der Waals surface area contributed by atoms with Gasteiger partial charge in [0.2, 0.25) is 0 Å². The number of piperidine rings is 1. The number of carbonyl (C=O) groups excluding carboxylic acids is 1. The van der Waals surface area contributed by atoms with E-state index in [2.05, 4.69) is 35.7 Å². The summed E-state index contributed by atoms with van der Waals surface area (Å²) in [6, 6.07) is 9.43. The van der Waals surface area contributed by atoms with Crippen molar-refractivity contribution in [2.24, 2.45) is 5.92 Å². The highest BCUT2D eigenvalue weighted by atomic mass is 16.5. The highest BCUT2D eigenvalue weighted by Crippen LogP contribution is 2.42. The monoisotopic (exact) mass is 285 g/mol. The molecule has 1 aromatic carbocycles. The molecule has 3 nitrogen and oxygen atoms in total. The van der Waals surface area contributed by atoms with Gasteiger partial charge in [0.25, 0.3) is 0 Å². The quantitative estimate of drug-likeness (QED) is 0.867. The number of rotatable bonds is 3. The molecule has 0 radical (unpaired) electrons. The van der Waals surface area contributed by atoms with Crippen LogP contribution in [0.15, 0.2) is 30.3 Å². The van der Waals surface area contributed by atoms with Gasteiger partial charge < -0.3 is 10.1 Å². The maximum Gasteiger partial charge on any atom is 0.310 e. The highest BCUT2D eigenvalue weighted by Gasteiger charge is 2.46. The third kappa shape index (κ3) is 2.75. The molecule has 3 heteroatoms. The Kier molecular flexibility index (Phi) is 4.11. The summed E-state index contributed by atoms with van der Waals surface area (Å²) in [6.45, 7) is 2.02. The summed E-state index contributed by atoms with van der Waals surface area (Å²) in [5.41, 5.74) is 2.46. The van der Waals surface area contributed by atoms with Gasteiger partial charge in [0, 0.05) is 18.0 Å². The number of fused-ring (bicyclic) bond motifs is 2. The van der Waals surface area contributed by atoms with Gasteiger partial charge in [-0.05, 0) is 37.3 Å². The van der Waals surface area contributed by atoms with Gasteiger partial charge in [0.15, 0.2) is 0 Å². The van der Waals surface area contributed by atoms with Crippen LogP contribution in [0.3, 0.4) is 0 Å². The second kappa shape index (κ2) is 6.02. The third-order valence-corrected chi connectivity index (χ3v) is 4.88. The van der Waals surface area contributed by atoms with Crippen LogP contribution >= 0.6 is 0 Å². The molecule has 1 aromatic rings. The maximum absolute atomic E-state index is 12.2. The molecule has 0 aliphatic carbocycles. The Morgan fingerprint density at radius 2 is 2.05 bits per heavy atom. The Morgan fingerprint density at radius 3 is 2.71 bits per heavy atom. The van der Waals surface area contributed by atoms with Gasteiger partial charge in [-0.1, -0.05) is 36.4 Å². The molecule has 1 N–H and O–H groups in total. The van der Waals surface area contributed by atoms with Crippen LogP contribution in [0.1, 0.15) is 43.2 Å². The normalized spacial score (nSPS) is 31.5. The van der Waals surface area contributed by atoms with Crippen LogP contribution in [0, 0.1) is 5.92 Å². The highest BCUT2D eigenvalue weighted by molar-refractivity contribution is 5.75. The Balaban J connectivity index is 1.88. The minimum Gasteiger partial charge on any atom is -0.469 e. The molecule has 0 amide bonds. The fourth-order valence-corrected chi connectivity index (χ4v) is 3.91. The van der Waals surface area contributed by atoms with E-state index in [1.807, 2.05) is 13.0 Å². The van der Waals surface area contributed by atoms with Gasteiger partial charge in [-0.15, -0.1) is 0 Å². The van der Waals surface area contributed by atoms with Crippen LogP contribution < -0.4 is 5.32 Å². The van der Waals surface area contributed by atoms with Crippen molar-refractivity contribution in [1.29, 1.82) is 0 Å². The molecule has 0 saturated carbocycles. The van der Waals surface area contributed by atoms with Gasteiger partial charge in [-0.2, -0.15) is 0 Å². The Hall–Kier alpha value is -1.61. The van der Waals surface area contributed by atoms with E-state index in [1.54, 1.807) is 0 Å². The Morgan fingerprint density at radius 1 is 1.29 bits per heavy atom. The van der Waals surface area contributed by atoms with Crippen molar-refractivity contribution in [2.75, 3.05) is 7.11 Å². The summed E-state index contributed by atoms with van der Waals surface area (Å²) in [6.07, 6.45) is 7.41. The van der Waals surface area contributed by atoms with E-state index in [1.165, 1.54) is 24.7 Å². The molecule has 0 spiro atoms. The van der Waals surface area contributed by atoms with Crippen LogP contribution in [0.5, 0.6) is 0 Å². The standard InChI is InChI=1S/C18H23NO2/c1-3-4-12-5-7-13(8-6-12)15-11-14-9-10-16(19-14)17(15)18(20)21-2/h3-8,14-17,19H,9-11H2,1-2H3/b4-3+/t14?,15?,16?,17-/m0/s1. The second-order valence-electron chi connectivity index (χ2n) is 6.11. The SMILES string of the molecule is C/C=C/c1ccc(C2CC3CCC(N3)[C@H]2C(=O)OC)cc1. The first kappa shape index (κ1) is 14.3. The zero-order chi connectivity index (χ0) is 14.8. The van der Waals surface area contributed by atoms with Crippen molar-refractivity contribution in [3.05, 3.63) is 41.5 Å². The number of benzene rings is 1. The molecule has 3 unspecified atom stereocenters. The van der Waals surface area contributed by atoms with Gasteiger partial charge >= 0.3 is 5.97 Å².